The number of fused-ring (bicyclic) bond motifs is 3. The first kappa shape index (κ1) is 21.1. The summed E-state index contributed by atoms with van der Waals surface area (Å²) in [5, 5.41) is 20.0. The summed E-state index contributed by atoms with van der Waals surface area (Å²) >= 11 is 0. The molecule has 1 aliphatic heterocycles. The van der Waals surface area contributed by atoms with Crippen molar-refractivity contribution in [1.82, 2.24) is 0 Å². The number of ether oxygens (including phenoxy) is 1. The van der Waals surface area contributed by atoms with Gasteiger partial charge in [-0.3, -0.25) is 0 Å². The molecule has 2 aliphatic carbocycles. The maximum absolute atomic E-state index is 11.7. The molecule has 0 unspecified atom stereocenters. The second-order valence-electron chi connectivity index (χ2n) is 9.68. The number of hydrogen-bond acceptors (Lipinski definition) is 4. The molecule has 0 amide bonds. The van der Waals surface area contributed by atoms with Crippen LogP contribution in [-0.4, -0.2) is 42.0 Å². The van der Waals surface area contributed by atoms with Gasteiger partial charge in [0.2, 0.25) is 0 Å². The Balaban J connectivity index is 1.54. The Kier molecular flexibility index (Phi) is 5.46. The number of nitrogens with zero attached hydrogens (tertiary/aromatic N) is 1. The minimum absolute atomic E-state index is 0.131. The molecule has 0 bridgehead atoms. The minimum atomic E-state index is -0.932. The fraction of sp³-hybridized carbons (Fsp3) is 0.444. The summed E-state index contributed by atoms with van der Waals surface area (Å²) in [4.78, 5) is 14.0. The van der Waals surface area contributed by atoms with E-state index in [2.05, 4.69) is 35.7 Å². The molecule has 5 heteroatoms. The topological polar surface area (TPSA) is 70.0 Å². The first-order valence-electron chi connectivity index (χ1n) is 11.6. The van der Waals surface area contributed by atoms with Crippen LogP contribution in [-0.2, 0) is 11.8 Å². The molecule has 2 N–H and O–H groups in total. The number of aliphatic hydroxyl groups excluding tert-OH is 1. The van der Waals surface area contributed by atoms with Gasteiger partial charge in [0.1, 0.15) is 5.75 Å². The number of benzene rings is 2. The van der Waals surface area contributed by atoms with E-state index in [1.54, 1.807) is 24.3 Å². The maximum atomic E-state index is 11.7. The van der Waals surface area contributed by atoms with Gasteiger partial charge in [-0.2, -0.15) is 0 Å². The molecular weight excluding hydrogens is 402 g/mol. The molecule has 1 spiro atoms. The van der Waals surface area contributed by atoms with Crippen LogP contribution in [0.2, 0.25) is 0 Å². The van der Waals surface area contributed by atoms with Gasteiger partial charge in [-0.1, -0.05) is 30.3 Å². The van der Waals surface area contributed by atoms with E-state index in [1.165, 1.54) is 11.1 Å². The van der Waals surface area contributed by atoms with E-state index >= 15 is 0 Å². The van der Waals surface area contributed by atoms with Crippen LogP contribution in [0.1, 0.15) is 47.2 Å². The average molecular weight is 434 g/mol. The highest BCUT2D eigenvalue weighted by atomic mass is 16.5. The van der Waals surface area contributed by atoms with Crippen LogP contribution in [0.3, 0.4) is 0 Å². The van der Waals surface area contributed by atoms with E-state index in [9.17, 15) is 15.0 Å². The maximum Gasteiger partial charge on any atom is 0.335 e. The van der Waals surface area contributed by atoms with Gasteiger partial charge in [0.15, 0.2) is 0 Å². The number of aryl methyl sites for hydroxylation is 1. The predicted molar refractivity (Wildman–Crippen MR) is 125 cm³/mol. The van der Waals surface area contributed by atoms with Crippen molar-refractivity contribution in [3.63, 3.8) is 0 Å². The SMILES string of the molecule is C=C[C@H](O)[C@@H]1CC[C@H]1CN1C[C@@]2(CCCc3ccccc32)COc2ccc(C(=O)O)cc21. The molecule has 2 aromatic carbocycles. The minimum Gasteiger partial charge on any atom is -0.490 e. The van der Waals surface area contributed by atoms with Crippen molar-refractivity contribution in [3.8, 4) is 5.75 Å². The molecule has 168 valence electrons. The molecule has 4 atom stereocenters. The van der Waals surface area contributed by atoms with E-state index < -0.39 is 12.1 Å². The van der Waals surface area contributed by atoms with Crippen molar-refractivity contribution < 1.29 is 19.7 Å². The normalized spacial score (nSPS) is 27.3. The fourth-order valence-electron chi connectivity index (χ4n) is 5.95. The molecule has 1 heterocycles. The third kappa shape index (κ3) is 3.58. The molecule has 0 aromatic heterocycles. The number of rotatable bonds is 5. The second kappa shape index (κ2) is 8.28. The van der Waals surface area contributed by atoms with Crippen LogP contribution in [0.5, 0.6) is 5.75 Å². The van der Waals surface area contributed by atoms with Gasteiger partial charge in [-0.25, -0.2) is 4.79 Å². The van der Waals surface area contributed by atoms with E-state index in [0.29, 0.717) is 12.5 Å². The van der Waals surface area contributed by atoms with Crippen molar-refractivity contribution in [3.05, 3.63) is 71.8 Å². The van der Waals surface area contributed by atoms with Crippen LogP contribution in [0.25, 0.3) is 0 Å². The number of anilines is 1. The van der Waals surface area contributed by atoms with Crippen molar-refractivity contribution in [1.29, 1.82) is 0 Å². The average Bonchev–Trinajstić information content (AvgIpc) is 2.94. The number of carboxylic acids is 1. The van der Waals surface area contributed by atoms with Crippen LogP contribution in [0, 0.1) is 11.8 Å². The van der Waals surface area contributed by atoms with Gasteiger partial charge in [0, 0.05) is 18.5 Å². The lowest BCUT2D eigenvalue weighted by Gasteiger charge is -2.45. The molecule has 5 rings (SSSR count). The number of hydrogen-bond donors (Lipinski definition) is 2. The Labute approximate surface area is 189 Å². The molecule has 0 saturated heterocycles. The lowest BCUT2D eigenvalue weighted by Crippen LogP contribution is -2.49. The summed E-state index contributed by atoms with van der Waals surface area (Å²) in [5.74, 6) is 0.365. The molecule has 32 heavy (non-hydrogen) atoms. The molecule has 1 fully saturated rings. The number of aromatic carboxylic acids is 1. The Hall–Kier alpha value is -2.79. The Bertz CT molecular complexity index is 1030. The van der Waals surface area contributed by atoms with E-state index in [0.717, 1.165) is 56.6 Å². The van der Waals surface area contributed by atoms with Gasteiger partial charge in [0.25, 0.3) is 0 Å². The highest BCUT2D eigenvalue weighted by molar-refractivity contribution is 5.89. The van der Waals surface area contributed by atoms with Gasteiger partial charge in [-0.05, 0) is 73.3 Å². The molecule has 2 aromatic rings. The molecular formula is C27H31NO4. The number of aliphatic hydroxyl groups is 1. The van der Waals surface area contributed by atoms with Crippen molar-refractivity contribution in [2.24, 2.45) is 11.8 Å². The van der Waals surface area contributed by atoms with Crippen molar-refractivity contribution in [2.45, 2.75) is 43.6 Å². The van der Waals surface area contributed by atoms with Crippen LogP contribution >= 0.6 is 0 Å². The monoisotopic (exact) mass is 433 g/mol. The molecule has 0 radical (unpaired) electrons. The van der Waals surface area contributed by atoms with Gasteiger partial charge < -0.3 is 19.8 Å². The highest BCUT2D eigenvalue weighted by Gasteiger charge is 2.43. The highest BCUT2D eigenvalue weighted by Crippen LogP contribution is 2.46. The summed E-state index contributed by atoms with van der Waals surface area (Å²) < 4.78 is 6.39. The summed E-state index contributed by atoms with van der Waals surface area (Å²) in [6.07, 6.45) is 6.45. The summed E-state index contributed by atoms with van der Waals surface area (Å²) in [7, 11) is 0. The number of carboxylic acid groups (broad SMARTS) is 1. The fourth-order valence-corrected chi connectivity index (χ4v) is 5.95. The summed E-state index contributed by atoms with van der Waals surface area (Å²) in [5.41, 5.74) is 3.74. The van der Waals surface area contributed by atoms with Gasteiger partial charge in [0.05, 0.1) is 24.0 Å². The largest absolute Gasteiger partial charge is 0.490 e. The van der Waals surface area contributed by atoms with Crippen LogP contribution < -0.4 is 9.64 Å². The molecule has 1 saturated carbocycles. The zero-order valence-electron chi connectivity index (χ0n) is 18.4. The quantitative estimate of drug-likeness (QED) is 0.683. The smallest absolute Gasteiger partial charge is 0.335 e. The van der Waals surface area contributed by atoms with E-state index in [4.69, 9.17) is 4.74 Å². The van der Waals surface area contributed by atoms with Crippen molar-refractivity contribution >= 4 is 11.7 Å². The third-order valence-electron chi connectivity index (χ3n) is 7.85. The van der Waals surface area contributed by atoms with Crippen molar-refractivity contribution in [2.75, 3.05) is 24.6 Å². The molecule has 3 aliphatic rings. The Morgan fingerprint density at radius 3 is 2.88 bits per heavy atom. The predicted octanol–water partition coefficient (Wildman–Crippen LogP) is 4.43. The van der Waals surface area contributed by atoms with E-state index in [1.807, 2.05) is 0 Å². The number of carbonyl (C=O) groups is 1. The first-order valence-corrected chi connectivity index (χ1v) is 11.6. The first-order chi connectivity index (χ1) is 15.5. The zero-order chi connectivity index (χ0) is 22.3. The van der Waals surface area contributed by atoms with Crippen LogP contribution in [0.15, 0.2) is 55.1 Å². The van der Waals surface area contributed by atoms with E-state index in [-0.39, 0.29) is 16.9 Å². The Morgan fingerprint density at radius 1 is 1.28 bits per heavy atom. The lowest BCUT2D eigenvalue weighted by atomic mass is 9.68. The summed E-state index contributed by atoms with van der Waals surface area (Å²) in [6.45, 7) is 5.92. The lowest BCUT2D eigenvalue weighted by molar-refractivity contribution is 0.0460. The molecule has 5 nitrogen and oxygen atoms in total. The third-order valence-corrected chi connectivity index (χ3v) is 7.85. The Morgan fingerprint density at radius 2 is 2.12 bits per heavy atom. The van der Waals surface area contributed by atoms with Gasteiger partial charge in [-0.15, -0.1) is 6.58 Å². The second-order valence-corrected chi connectivity index (χ2v) is 9.68. The van der Waals surface area contributed by atoms with Crippen LogP contribution in [0.4, 0.5) is 5.69 Å². The zero-order valence-corrected chi connectivity index (χ0v) is 18.4. The standard InChI is InChI=1S/C27H31NO4/c1-2-24(29)21-11-9-20(21)15-28-16-27(13-5-7-18-6-3-4-8-22(18)27)17-32-25-12-10-19(26(30)31)14-23(25)28/h2-4,6,8,10,12,14,20-21,24,29H,1,5,7,9,11,13,15-17H2,(H,30,31)/t20-,21+,24-,27-/m0/s1. The summed E-state index contributed by atoms with van der Waals surface area (Å²) in [6, 6.07) is 13.9. The van der Waals surface area contributed by atoms with Gasteiger partial charge >= 0.3 is 5.97 Å².